The van der Waals surface area contributed by atoms with E-state index in [1.54, 1.807) is 12.1 Å². The molecule has 6 heteroatoms. The molecular formula is C15H16N2O3S. The van der Waals surface area contributed by atoms with E-state index in [1.165, 1.54) is 4.57 Å². The second-order valence-corrected chi connectivity index (χ2v) is 5.50. The summed E-state index contributed by atoms with van der Waals surface area (Å²) in [5.74, 6) is -0.200. The number of thioether (sulfide) groups is 1. The van der Waals surface area contributed by atoms with Crippen LogP contribution in [0.2, 0.25) is 0 Å². The first-order valence-corrected chi connectivity index (χ1v) is 7.53. The van der Waals surface area contributed by atoms with Crippen LogP contribution in [0.25, 0.3) is 0 Å². The van der Waals surface area contributed by atoms with Gasteiger partial charge in [0, 0.05) is 12.1 Å². The summed E-state index contributed by atoms with van der Waals surface area (Å²) in [6, 6.07) is 8.39. The summed E-state index contributed by atoms with van der Waals surface area (Å²) < 4.78 is 1.42. The highest BCUT2D eigenvalue weighted by Gasteiger charge is 2.11. The normalized spacial score (nSPS) is 10.6. The Hall–Kier alpha value is -2.08. The fraction of sp³-hybridized carbons (Fsp3) is 0.267. The van der Waals surface area contributed by atoms with Gasteiger partial charge in [0.2, 0.25) is 5.88 Å². The van der Waals surface area contributed by atoms with E-state index in [1.807, 2.05) is 26.0 Å². The lowest BCUT2D eigenvalue weighted by molar-refractivity contribution is 0.102. The van der Waals surface area contributed by atoms with Gasteiger partial charge in [-0.3, -0.25) is 14.2 Å². The van der Waals surface area contributed by atoms with Gasteiger partial charge in [0.1, 0.15) is 0 Å². The molecule has 0 fully saturated rings. The fourth-order valence-corrected chi connectivity index (χ4v) is 2.79. The SMILES string of the molecule is CCn1c(SCC(=O)c2ccc(C)cc2)nc(O)cc1=O. The minimum absolute atomic E-state index is 0.0414. The van der Waals surface area contributed by atoms with E-state index in [2.05, 4.69) is 4.98 Å². The summed E-state index contributed by atoms with van der Waals surface area (Å²) in [5.41, 5.74) is 1.39. The lowest BCUT2D eigenvalue weighted by Crippen LogP contribution is -2.21. The van der Waals surface area contributed by atoms with Crippen LogP contribution < -0.4 is 5.56 Å². The second-order valence-electron chi connectivity index (χ2n) is 4.56. The molecule has 0 atom stereocenters. The van der Waals surface area contributed by atoms with Gasteiger partial charge in [-0.25, -0.2) is 0 Å². The smallest absolute Gasteiger partial charge is 0.257 e. The number of hydrogen-bond acceptors (Lipinski definition) is 5. The minimum atomic E-state index is -0.324. The first kappa shape index (κ1) is 15.3. The summed E-state index contributed by atoms with van der Waals surface area (Å²) >= 11 is 1.15. The molecule has 5 nitrogen and oxygen atoms in total. The van der Waals surface area contributed by atoms with E-state index in [0.717, 1.165) is 23.4 Å². The molecule has 2 rings (SSSR count). The number of aryl methyl sites for hydroxylation is 1. The van der Waals surface area contributed by atoms with Crippen molar-refractivity contribution in [3.8, 4) is 5.88 Å². The Morgan fingerprint density at radius 2 is 2.00 bits per heavy atom. The number of ketones is 1. The van der Waals surface area contributed by atoms with Crippen LogP contribution in [0.3, 0.4) is 0 Å². The average Bonchev–Trinajstić information content (AvgIpc) is 2.45. The zero-order valence-electron chi connectivity index (χ0n) is 11.9. The van der Waals surface area contributed by atoms with Crippen LogP contribution in [0.5, 0.6) is 5.88 Å². The number of rotatable bonds is 5. The van der Waals surface area contributed by atoms with Crippen molar-refractivity contribution in [3.05, 3.63) is 51.8 Å². The van der Waals surface area contributed by atoms with Gasteiger partial charge in [-0.05, 0) is 13.8 Å². The maximum atomic E-state index is 12.1. The van der Waals surface area contributed by atoms with Crippen LogP contribution >= 0.6 is 11.8 Å². The molecule has 0 aliphatic rings. The zero-order valence-corrected chi connectivity index (χ0v) is 12.7. The van der Waals surface area contributed by atoms with Crippen molar-refractivity contribution in [2.24, 2.45) is 0 Å². The summed E-state index contributed by atoms with van der Waals surface area (Å²) in [6.45, 7) is 4.21. The van der Waals surface area contributed by atoms with Crippen molar-refractivity contribution in [3.63, 3.8) is 0 Å². The van der Waals surface area contributed by atoms with Crippen LogP contribution in [0.15, 0.2) is 40.3 Å². The molecule has 1 aromatic heterocycles. The Balaban J connectivity index is 2.14. The van der Waals surface area contributed by atoms with Gasteiger partial charge in [-0.1, -0.05) is 41.6 Å². The molecule has 0 amide bonds. The van der Waals surface area contributed by atoms with Gasteiger partial charge in [0.05, 0.1) is 11.8 Å². The van der Waals surface area contributed by atoms with Gasteiger partial charge in [0.15, 0.2) is 10.9 Å². The lowest BCUT2D eigenvalue weighted by Gasteiger charge is -2.09. The van der Waals surface area contributed by atoms with Gasteiger partial charge in [-0.2, -0.15) is 4.98 Å². The zero-order chi connectivity index (χ0) is 15.4. The Labute approximate surface area is 126 Å². The predicted octanol–water partition coefficient (Wildman–Crippen LogP) is 2.25. The summed E-state index contributed by atoms with van der Waals surface area (Å²) in [5, 5.41) is 9.75. The minimum Gasteiger partial charge on any atom is -0.493 e. The molecule has 0 spiro atoms. The average molecular weight is 304 g/mol. The van der Waals surface area contributed by atoms with E-state index in [-0.39, 0.29) is 23.0 Å². The molecule has 0 bridgehead atoms. The monoisotopic (exact) mass is 304 g/mol. The van der Waals surface area contributed by atoms with Crippen molar-refractivity contribution in [2.75, 3.05) is 5.75 Å². The van der Waals surface area contributed by atoms with Gasteiger partial charge < -0.3 is 5.11 Å². The molecule has 0 saturated heterocycles. The Bertz CT molecular complexity index is 708. The highest BCUT2D eigenvalue weighted by Crippen LogP contribution is 2.18. The first-order valence-electron chi connectivity index (χ1n) is 6.54. The maximum absolute atomic E-state index is 12.1. The molecule has 0 saturated carbocycles. The van der Waals surface area contributed by atoms with Crippen LogP contribution in [-0.2, 0) is 6.54 Å². The Kier molecular flexibility index (Phi) is 4.80. The van der Waals surface area contributed by atoms with E-state index in [0.29, 0.717) is 17.3 Å². The standard InChI is InChI=1S/C15H16N2O3S/c1-3-17-14(20)8-13(19)16-15(17)21-9-12(18)11-6-4-10(2)5-7-11/h4-8,19H,3,9H2,1-2H3. The van der Waals surface area contributed by atoms with Crippen LogP contribution in [-0.4, -0.2) is 26.2 Å². The lowest BCUT2D eigenvalue weighted by atomic mass is 10.1. The molecule has 1 aromatic carbocycles. The molecule has 0 aliphatic heterocycles. The van der Waals surface area contributed by atoms with Crippen molar-refractivity contribution in [2.45, 2.75) is 25.5 Å². The topological polar surface area (TPSA) is 72.2 Å². The summed E-state index contributed by atoms with van der Waals surface area (Å²) in [6.07, 6.45) is 0. The van der Waals surface area contributed by atoms with Gasteiger partial charge >= 0.3 is 0 Å². The summed E-state index contributed by atoms with van der Waals surface area (Å²) in [4.78, 5) is 27.7. The number of carbonyl (C=O) groups excluding carboxylic acids is 1. The second kappa shape index (κ2) is 6.58. The molecule has 0 radical (unpaired) electrons. The van der Waals surface area contributed by atoms with Crippen LogP contribution in [0, 0.1) is 6.92 Å². The molecule has 21 heavy (non-hydrogen) atoms. The fourth-order valence-electron chi connectivity index (χ4n) is 1.83. The molecule has 1 heterocycles. The van der Waals surface area contributed by atoms with E-state index in [4.69, 9.17) is 0 Å². The Morgan fingerprint density at radius 3 is 2.62 bits per heavy atom. The number of nitrogens with zero attached hydrogens (tertiary/aromatic N) is 2. The molecule has 0 aliphatic carbocycles. The molecule has 2 aromatic rings. The number of benzene rings is 1. The molecule has 110 valence electrons. The van der Waals surface area contributed by atoms with E-state index < -0.39 is 0 Å². The van der Waals surface area contributed by atoms with Crippen molar-refractivity contribution in [1.82, 2.24) is 9.55 Å². The highest BCUT2D eigenvalue weighted by atomic mass is 32.2. The van der Waals surface area contributed by atoms with Gasteiger partial charge in [0.25, 0.3) is 5.56 Å². The number of aromatic nitrogens is 2. The number of aromatic hydroxyl groups is 1. The van der Waals surface area contributed by atoms with E-state index >= 15 is 0 Å². The quantitative estimate of drug-likeness (QED) is 0.521. The highest BCUT2D eigenvalue weighted by molar-refractivity contribution is 7.99. The largest absolute Gasteiger partial charge is 0.493 e. The maximum Gasteiger partial charge on any atom is 0.257 e. The number of Topliss-reactive ketones (excluding diaryl/α,β-unsaturated/α-hetero) is 1. The molecular weight excluding hydrogens is 288 g/mol. The molecule has 1 N–H and O–H groups in total. The summed E-state index contributed by atoms with van der Waals surface area (Å²) in [7, 11) is 0. The number of hydrogen-bond donors (Lipinski definition) is 1. The predicted molar refractivity (Wildman–Crippen MR) is 82.1 cm³/mol. The third-order valence-electron chi connectivity index (χ3n) is 2.98. The molecule has 0 unspecified atom stereocenters. The van der Waals surface area contributed by atoms with Crippen LogP contribution in [0.1, 0.15) is 22.8 Å². The van der Waals surface area contributed by atoms with Gasteiger partial charge in [-0.15, -0.1) is 0 Å². The third-order valence-corrected chi connectivity index (χ3v) is 3.96. The Morgan fingerprint density at radius 1 is 1.33 bits per heavy atom. The van der Waals surface area contributed by atoms with E-state index in [9.17, 15) is 14.7 Å². The van der Waals surface area contributed by atoms with Crippen LogP contribution in [0.4, 0.5) is 0 Å². The number of carbonyl (C=O) groups is 1. The first-order chi connectivity index (χ1) is 10.0. The van der Waals surface area contributed by atoms with Crippen molar-refractivity contribution >= 4 is 17.5 Å². The third kappa shape index (κ3) is 3.72. The van der Waals surface area contributed by atoms with Crippen molar-refractivity contribution in [1.29, 1.82) is 0 Å². The van der Waals surface area contributed by atoms with Crippen molar-refractivity contribution < 1.29 is 9.90 Å².